The molecule has 0 amide bonds. The van der Waals surface area contributed by atoms with Crippen molar-refractivity contribution < 1.29 is 121 Å². The Morgan fingerprint density at radius 3 is 1.63 bits per heavy atom. The van der Waals surface area contributed by atoms with Gasteiger partial charge in [0.15, 0.2) is 49.6 Å². The van der Waals surface area contributed by atoms with E-state index in [0.717, 1.165) is 44.9 Å². The third-order valence-electron chi connectivity index (χ3n) is 21.5. The lowest BCUT2D eigenvalue weighted by atomic mass is 9.47. The van der Waals surface area contributed by atoms with Crippen LogP contribution in [0.4, 0.5) is 0 Å². The number of rotatable bonds is 20. The molecule has 0 radical (unpaired) electrons. The van der Waals surface area contributed by atoms with Gasteiger partial charge in [-0.2, -0.15) is 0 Å². The molecule has 6 N–H and O–H groups in total. The number of aliphatic hydroxyl groups excluding tert-OH is 6. The Kier molecular flexibility index (Phi) is 21.4. The van der Waals surface area contributed by atoms with E-state index in [1.165, 1.54) is 57.9 Å². The van der Waals surface area contributed by atoms with Crippen molar-refractivity contribution in [2.75, 3.05) is 47.3 Å². The summed E-state index contributed by atoms with van der Waals surface area (Å²) >= 11 is 0. The maximum Gasteiger partial charge on any atom is 0.338 e. The number of allylic oxidation sites excluding steroid dienone is 1. The molecule has 27 atom stereocenters. The summed E-state index contributed by atoms with van der Waals surface area (Å²) in [6.07, 6.45) is -12.2. The first kappa shape index (κ1) is 68.4. The molecule has 25 nitrogen and oxygen atoms in total. The summed E-state index contributed by atoms with van der Waals surface area (Å²) in [5.41, 5.74) is 1.64. The van der Waals surface area contributed by atoms with E-state index in [9.17, 15) is 49.8 Å². The minimum atomic E-state index is -1.62. The zero-order valence-corrected chi connectivity index (χ0v) is 53.5. The van der Waals surface area contributed by atoms with Crippen LogP contribution in [0.15, 0.2) is 60.2 Å². The molecule has 5 heterocycles. The predicted octanol–water partition coefficient (Wildman–Crippen LogP) is 4.09. The van der Waals surface area contributed by atoms with Crippen LogP contribution >= 0.6 is 0 Å². The highest BCUT2D eigenvalue weighted by Crippen LogP contribution is 2.69. The lowest BCUT2D eigenvalue weighted by Crippen LogP contribution is -2.62. The summed E-state index contributed by atoms with van der Waals surface area (Å²) in [5.74, 6) is 0.122. The molecule has 92 heavy (non-hydrogen) atoms. The Morgan fingerprint density at radius 1 is 0.609 bits per heavy atom. The highest BCUT2D eigenvalue weighted by atomic mass is 16.8. The molecule has 0 aromatic heterocycles. The minimum Gasteiger partial charge on any atom is -0.497 e. The van der Waals surface area contributed by atoms with Crippen LogP contribution in [0, 0.1) is 46.3 Å². The van der Waals surface area contributed by atoms with Crippen molar-refractivity contribution in [1.82, 2.24) is 0 Å². The molecule has 2 aromatic rings. The lowest BCUT2D eigenvalue weighted by molar-refractivity contribution is -0.339. The smallest absolute Gasteiger partial charge is 0.338 e. The van der Waals surface area contributed by atoms with Gasteiger partial charge in [0.2, 0.25) is 0 Å². The third kappa shape index (κ3) is 14.2. The number of benzene rings is 2. The van der Waals surface area contributed by atoms with Gasteiger partial charge in [0.05, 0.1) is 76.7 Å². The van der Waals surface area contributed by atoms with Crippen LogP contribution in [0.1, 0.15) is 120 Å². The number of carbonyl (C=O) groups is 4. The fraction of sp³-hybridized carbons (Fsp3) is 0.731. The summed E-state index contributed by atoms with van der Waals surface area (Å²) in [4.78, 5) is 51.8. The second kappa shape index (κ2) is 28.8. The molecule has 0 spiro atoms. The third-order valence-corrected chi connectivity index (χ3v) is 21.5. The average Bonchev–Trinajstić information content (AvgIpc) is 1.48. The van der Waals surface area contributed by atoms with Gasteiger partial charge in [-0.1, -0.05) is 39.3 Å². The van der Waals surface area contributed by atoms with E-state index in [2.05, 4.69) is 33.8 Å². The van der Waals surface area contributed by atoms with Gasteiger partial charge in [0, 0.05) is 13.8 Å². The zero-order valence-electron chi connectivity index (χ0n) is 53.5. The van der Waals surface area contributed by atoms with Gasteiger partial charge in [0.1, 0.15) is 60.3 Å². The molecule has 11 rings (SSSR count). The molecule has 5 aliphatic heterocycles. The molecule has 2 aromatic carbocycles. The number of fused-ring (bicyclic) bond motifs is 7. The van der Waals surface area contributed by atoms with E-state index in [-0.39, 0.29) is 79.2 Å². The number of hydrogen-bond acceptors (Lipinski definition) is 25. The Hall–Kier alpha value is -4.94. The first-order valence-electron chi connectivity index (χ1n) is 32.5. The number of hydrogen-bond donors (Lipinski definition) is 6. The van der Waals surface area contributed by atoms with Crippen molar-refractivity contribution in [2.45, 2.75) is 216 Å². The van der Waals surface area contributed by atoms with Crippen molar-refractivity contribution >= 4 is 23.9 Å². The summed E-state index contributed by atoms with van der Waals surface area (Å²) < 4.78 is 89.3. The van der Waals surface area contributed by atoms with Crippen LogP contribution < -0.4 is 9.47 Å². The predicted molar refractivity (Wildman–Crippen MR) is 318 cm³/mol. The van der Waals surface area contributed by atoms with Gasteiger partial charge in [-0.3, -0.25) is 9.59 Å². The quantitative estimate of drug-likeness (QED) is 0.0618. The van der Waals surface area contributed by atoms with E-state index < -0.39 is 122 Å². The van der Waals surface area contributed by atoms with E-state index in [0.29, 0.717) is 53.9 Å². The van der Waals surface area contributed by atoms with E-state index in [1.807, 2.05) is 0 Å². The molecule has 9 aliphatic rings. The normalized spacial score (nSPS) is 41.9. The maximum absolute atomic E-state index is 13.3. The molecule has 4 aliphatic carbocycles. The monoisotopic (exact) mass is 1300 g/mol. The highest BCUT2D eigenvalue weighted by Gasteiger charge is 2.65. The fourth-order valence-corrected chi connectivity index (χ4v) is 16.6. The first-order valence-corrected chi connectivity index (χ1v) is 32.5. The largest absolute Gasteiger partial charge is 0.497 e. The number of aliphatic hydroxyl groups is 6. The van der Waals surface area contributed by atoms with E-state index in [4.69, 9.17) is 71.1 Å². The van der Waals surface area contributed by atoms with E-state index in [1.54, 1.807) is 24.3 Å². The lowest BCUT2D eigenvalue weighted by Gasteiger charge is -2.58. The molecule has 25 heteroatoms. The minimum absolute atomic E-state index is 0.0142. The van der Waals surface area contributed by atoms with Gasteiger partial charge in [-0.05, 0) is 153 Å². The molecule has 8 fully saturated rings. The van der Waals surface area contributed by atoms with Crippen molar-refractivity contribution in [3.05, 3.63) is 71.3 Å². The second-order valence-corrected chi connectivity index (χ2v) is 27.3. The molecule has 510 valence electrons. The van der Waals surface area contributed by atoms with Gasteiger partial charge in [-0.25, -0.2) is 9.59 Å². The summed E-state index contributed by atoms with van der Waals surface area (Å²) in [7, 11) is 2.97. The molecule has 0 bridgehead atoms. The van der Waals surface area contributed by atoms with Crippen molar-refractivity contribution in [3.8, 4) is 11.5 Å². The van der Waals surface area contributed by atoms with Gasteiger partial charge >= 0.3 is 23.9 Å². The van der Waals surface area contributed by atoms with Crippen LogP contribution in [0.5, 0.6) is 11.5 Å². The molecule has 5 saturated heterocycles. The van der Waals surface area contributed by atoms with Crippen LogP contribution in [0.2, 0.25) is 0 Å². The molecular weight excluding hydrogens is 1200 g/mol. The van der Waals surface area contributed by atoms with Crippen molar-refractivity contribution in [1.29, 1.82) is 0 Å². The topological polar surface area (TPSA) is 328 Å². The van der Waals surface area contributed by atoms with Gasteiger partial charge in [0.25, 0.3) is 0 Å². The Morgan fingerprint density at radius 2 is 1.11 bits per heavy atom. The maximum atomic E-state index is 13.3. The fourth-order valence-electron chi connectivity index (χ4n) is 16.6. The molecule has 1 unspecified atom stereocenters. The number of methoxy groups -OCH3 is 2. The van der Waals surface area contributed by atoms with Gasteiger partial charge in [-0.15, -0.1) is 0 Å². The Bertz CT molecular complexity index is 2890. The summed E-state index contributed by atoms with van der Waals surface area (Å²) in [6.45, 7) is 10.7. The average molecular weight is 1300 g/mol. The summed E-state index contributed by atoms with van der Waals surface area (Å²) in [6, 6.07) is 12.2. The van der Waals surface area contributed by atoms with Crippen molar-refractivity contribution in [2.24, 2.45) is 46.3 Å². The Balaban J connectivity index is 0.678. The molecule has 3 saturated carbocycles. The van der Waals surface area contributed by atoms with Crippen LogP contribution in [0.25, 0.3) is 0 Å². The number of esters is 4. The zero-order chi connectivity index (χ0) is 65.5. The van der Waals surface area contributed by atoms with E-state index >= 15 is 0 Å². The summed E-state index contributed by atoms with van der Waals surface area (Å²) in [5, 5.41) is 65.8. The Labute approximate surface area is 535 Å². The van der Waals surface area contributed by atoms with Crippen molar-refractivity contribution in [3.63, 3.8) is 0 Å². The second-order valence-electron chi connectivity index (χ2n) is 27.3. The number of carbonyl (C=O) groups excluding carboxylic acids is 4. The number of ether oxygens (including phenoxy) is 15. The SMILES string of the molecule is COc1ccc(C(=O)O[C@H]2[C@H](O[C@@H]3[C@@H](OC(C)=O)[C@H](OC[C@H](C)CCC4O[C@H]5C[C@H]6[C@@H]7CC=C8C[C@@H](O[C@@H]9OC[C@H](O)[C@H](O[C@@H]%10OC[C@@H](O)[C@H](O)[C@H]%10OC(=O)c%10ccc(OC)cc%10)[C@H]9OC(C)=O)CC[C@]8(C)[C@H]7CC[C@]6(C)[C@H]5[C@@H]4C)OC[C@@H]3O)OC[C@@H](O)[C@@H]2O)cc1. The van der Waals surface area contributed by atoms with Gasteiger partial charge < -0.3 is 102 Å². The van der Waals surface area contributed by atoms with Crippen LogP contribution in [0.3, 0.4) is 0 Å². The van der Waals surface area contributed by atoms with Crippen LogP contribution in [-0.2, 0) is 71.2 Å². The highest BCUT2D eigenvalue weighted by molar-refractivity contribution is 5.90. The van der Waals surface area contributed by atoms with Crippen LogP contribution in [-0.4, -0.2) is 218 Å². The first-order chi connectivity index (χ1) is 44.0. The standard InChI is InChI=1S/C67H92O25/c1-32(27-80-62-58(85-34(3)68)54(47(72)30-81-62)91-63-56(52(74)45(70)28-82-63)89-60(76)36-10-15-39(78-7)16-11-36)9-20-49-33(2)51-50(88-49)26-44-42-19-14-38-25-41(21-23-66(38,5)43(42)22-24-67(44,51)6)87-65-59(86-35(4)69)55(48(73)31-84-65)92-64-57(53(75)46(71)29-83-64)90-61(77)37-12-17-40(79-8)18-13-37/h10-18,32-33,41-59,62-65,70-75H,9,19-31H2,1-8H3/t32-,33-,41+,42-,43+,44+,45-,46-,47+,48+,49?,50+,51+,52+,53+,54+,55+,56-,57-,58-,59-,62-,63+,64+,65+,66+,67+/m1/s1. The molecular formula is C67H92O25.